The number of nitro groups is 1. The number of benzene rings is 1. The maximum absolute atomic E-state index is 12.0. The number of carbonyl (C=O) groups excluding carboxylic acids is 1. The molecule has 1 amide bonds. The predicted octanol–water partition coefficient (Wildman–Crippen LogP) is 2.69. The number of hydrogen-bond acceptors (Lipinski definition) is 7. The third kappa shape index (κ3) is 4.14. The van der Waals surface area contributed by atoms with Crippen LogP contribution in [0.15, 0.2) is 17.1 Å². The lowest BCUT2D eigenvalue weighted by Crippen LogP contribution is -2.15. The van der Waals surface area contributed by atoms with E-state index >= 15 is 0 Å². The largest absolute Gasteiger partial charge is 0.490 e. The molecule has 1 aromatic rings. The first-order valence-electron chi connectivity index (χ1n) is 6.44. The molecule has 0 unspecified atom stereocenters. The fourth-order valence-electron chi connectivity index (χ4n) is 1.83. The first kappa shape index (κ1) is 16.6. The van der Waals surface area contributed by atoms with Gasteiger partial charge in [0.15, 0.2) is 5.75 Å². The number of hydrogen-bond donors (Lipinski definition) is 1. The van der Waals surface area contributed by atoms with E-state index in [9.17, 15) is 14.9 Å². The molecule has 2 rings (SSSR count). The molecule has 9 heteroatoms. The number of thioether (sulfide) groups is 2. The number of anilines is 1. The van der Waals surface area contributed by atoms with Crippen LogP contribution in [-0.4, -0.2) is 40.4 Å². The van der Waals surface area contributed by atoms with E-state index < -0.39 is 4.92 Å². The molecule has 7 nitrogen and oxygen atoms in total. The van der Waals surface area contributed by atoms with Crippen LogP contribution in [0.25, 0.3) is 0 Å². The summed E-state index contributed by atoms with van der Waals surface area (Å²) in [7, 11) is 1.36. The van der Waals surface area contributed by atoms with Crippen LogP contribution >= 0.6 is 23.5 Å². The number of nitro benzene ring substituents is 1. The minimum atomic E-state index is -0.511. The maximum Gasteiger partial charge on any atom is 0.311 e. The Bertz CT molecular complexity index is 634. The van der Waals surface area contributed by atoms with Crippen molar-refractivity contribution in [3.8, 4) is 5.75 Å². The van der Waals surface area contributed by atoms with Crippen molar-refractivity contribution in [3.63, 3.8) is 0 Å². The molecular formula is C13H15N3O4S2. The summed E-state index contributed by atoms with van der Waals surface area (Å²) in [5.74, 6) is 1.15. The van der Waals surface area contributed by atoms with Crippen molar-refractivity contribution in [1.29, 1.82) is 0 Å². The third-order valence-corrected chi connectivity index (χ3v) is 5.13. The average molecular weight is 341 g/mol. The summed E-state index contributed by atoms with van der Waals surface area (Å²) in [5, 5.41) is 13.7. The van der Waals surface area contributed by atoms with Gasteiger partial charge in [-0.05, 0) is 12.5 Å². The Labute approximate surface area is 136 Å². The number of aryl methyl sites for hydroxylation is 1. The second-order valence-corrected chi connectivity index (χ2v) is 6.74. The molecule has 1 aliphatic heterocycles. The monoisotopic (exact) mass is 341 g/mol. The Kier molecular flexibility index (Phi) is 5.67. The SMILES string of the molecule is COc1cc(NC(=O)CSC2=NCCS2)c(C)cc1[N+](=O)[O-]. The Morgan fingerprint density at radius 2 is 2.36 bits per heavy atom. The van der Waals surface area contributed by atoms with Crippen LogP contribution in [0, 0.1) is 17.0 Å². The number of amides is 1. The number of carbonyl (C=O) groups is 1. The fraction of sp³-hybridized carbons (Fsp3) is 0.385. The van der Waals surface area contributed by atoms with Crippen molar-refractivity contribution in [1.82, 2.24) is 0 Å². The molecule has 0 saturated heterocycles. The second-order valence-electron chi connectivity index (χ2n) is 4.43. The quantitative estimate of drug-likeness (QED) is 0.654. The first-order chi connectivity index (χ1) is 10.5. The maximum atomic E-state index is 12.0. The van der Waals surface area contributed by atoms with Crippen LogP contribution in [0.2, 0.25) is 0 Å². The standard InChI is InChI=1S/C13H15N3O4S2/c1-8-5-10(16(18)19)11(20-2)6-9(8)15-12(17)7-22-13-14-3-4-21-13/h5-6H,3-4,7H2,1-2H3,(H,15,17). The molecule has 0 aliphatic carbocycles. The van der Waals surface area contributed by atoms with Gasteiger partial charge in [-0.2, -0.15) is 0 Å². The molecule has 118 valence electrons. The lowest BCUT2D eigenvalue weighted by molar-refractivity contribution is -0.385. The summed E-state index contributed by atoms with van der Waals surface area (Å²) < 4.78 is 5.93. The average Bonchev–Trinajstić information content (AvgIpc) is 3.00. The van der Waals surface area contributed by atoms with Gasteiger partial charge in [-0.1, -0.05) is 23.5 Å². The van der Waals surface area contributed by atoms with Crippen molar-refractivity contribution < 1.29 is 14.5 Å². The number of ether oxygens (including phenoxy) is 1. The van der Waals surface area contributed by atoms with E-state index in [1.54, 1.807) is 18.7 Å². The van der Waals surface area contributed by atoms with Gasteiger partial charge in [-0.15, -0.1) is 0 Å². The van der Waals surface area contributed by atoms with Crippen molar-refractivity contribution in [2.75, 3.05) is 30.5 Å². The molecule has 1 aliphatic rings. The molecule has 0 aromatic heterocycles. The van der Waals surface area contributed by atoms with E-state index in [1.807, 2.05) is 0 Å². The highest BCUT2D eigenvalue weighted by Crippen LogP contribution is 2.33. The summed E-state index contributed by atoms with van der Waals surface area (Å²) in [4.78, 5) is 26.7. The fourth-order valence-corrected chi connectivity index (χ4v) is 3.64. The van der Waals surface area contributed by atoms with Gasteiger partial charge < -0.3 is 10.1 Å². The summed E-state index contributed by atoms with van der Waals surface area (Å²) in [6.07, 6.45) is 0. The summed E-state index contributed by atoms with van der Waals surface area (Å²) in [6, 6.07) is 2.86. The summed E-state index contributed by atoms with van der Waals surface area (Å²) in [6.45, 7) is 2.50. The smallest absolute Gasteiger partial charge is 0.311 e. The number of nitrogens with one attached hydrogen (secondary N) is 1. The highest BCUT2D eigenvalue weighted by molar-refractivity contribution is 8.39. The number of rotatable bonds is 5. The molecule has 1 aromatic carbocycles. The molecule has 22 heavy (non-hydrogen) atoms. The summed E-state index contributed by atoms with van der Waals surface area (Å²) >= 11 is 3.04. The van der Waals surface area contributed by atoms with Gasteiger partial charge in [-0.25, -0.2) is 0 Å². The molecule has 0 radical (unpaired) electrons. The van der Waals surface area contributed by atoms with Crippen LogP contribution in [0.1, 0.15) is 5.56 Å². The van der Waals surface area contributed by atoms with E-state index in [0.717, 1.165) is 16.7 Å². The number of methoxy groups -OCH3 is 1. The van der Waals surface area contributed by atoms with E-state index in [-0.39, 0.29) is 23.1 Å². The van der Waals surface area contributed by atoms with Crippen LogP contribution in [0.3, 0.4) is 0 Å². The van der Waals surface area contributed by atoms with Crippen molar-refractivity contribution in [3.05, 3.63) is 27.8 Å². The van der Waals surface area contributed by atoms with Crippen LogP contribution in [0.5, 0.6) is 5.75 Å². The van der Waals surface area contributed by atoms with Gasteiger partial charge in [0.25, 0.3) is 0 Å². The zero-order chi connectivity index (χ0) is 16.1. The molecule has 0 atom stereocenters. The predicted molar refractivity (Wildman–Crippen MR) is 90.2 cm³/mol. The van der Waals surface area contributed by atoms with Crippen molar-refractivity contribution in [2.45, 2.75) is 6.92 Å². The Morgan fingerprint density at radius 3 is 2.95 bits per heavy atom. The van der Waals surface area contributed by atoms with E-state index in [1.165, 1.54) is 31.0 Å². The highest BCUT2D eigenvalue weighted by atomic mass is 32.2. The molecule has 0 saturated carbocycles. The normalized spacial score (nSPS) is 13.6. The van der Waals surface area contributed by atoms with Crippen LogP contribution in [-0.2, 0) is 4.79 Å². The zero-order valence-electron chi connectivity index (χ0n) is 12.1. The molecule has 1 heterocycles. The van der Waals surface area contributed by atoms with Crippen LogP contribution in [0.4, 0.5) is 11.4 Å². The van der Waals surface area contributed by atoms with Gasteiger partial charge in [0.05, 0.1) is 24.3 Å². The van der Waals surface area contributed by atoms with E-state index in [0.29, 0.717) is 11.3 Å². The highest BCUT2D eigenvalue weighted by Gasteiger charge is 2.18. The van der Waals surface area contributed by atoms with E-state index in [4.69, 9.17) is 4.74 Å². The van der Waals surface area contributed by atoms with Crippen molar-refractivity contribution in [2.24, 2.45) is 4.99 Å². The van der Waals surface area contributed by atoms with E-state index in [2.05, 4.69) is 10.3 Å². The van der Waals surface area contributed by atoms with Gasteiger partial charge in [-0.3, -0.25) is 19.9 Å². The van der Waals surface area contributed by atoms with Gasteiger partial charge in [0.1, 0.15) is 4.38 Å². The Morgan fingerprint density at radius 1 is 1.59 bits per heavy atom. The third-order valence-electron chi connectivity index (χ3n) is 2.88. The summed E-state index contributed by atoms with van der Waals surface area (Å²) in [5.41, 5.74) is 0.997. The van der Waals surface area contributed by atoms with Gasteiger partial charge in [0, 0.05) is 23.6 Å². The topological polar surface area (TPSA) is 93.8 Å². The second kappa shape index (κ2) is 7.50. The molecular weight excluding hydrogens is 326 g/mol. The molecule has 0 fully saturated rings. The lowest BCUT2D eigenvalue weighted by atomic mass is 10.1. The van der Waals surface area contributed by atoms with Gasteiger partial charge in [0.2, 0.25) is 5.91 Å². The van der Waals surface area contributed by atoms with Gasteiger partial charge >= 0.3 is 5.69 Å². The number of nitrogens with zero attached hydrogens (tertiary/aromatic N) is 2. The van der Waals surface area contributed by atoms with Crippen molar-refractivity contribution >= 4 is 45.2 Å². The first-order valence-corrected chi connectivity index (χ1v) is 8.41. The molecule has 0 spiro atoms. The zero-order valence-corrected chi connectivity index (χ0v) is 13.8. The minimum Gasteiger partial charge on any atom is -0.490 e. The Hall–Kier alpha value is -1.74. The molecule has 0 bridgehead atoms. The minimum absolute atomic E-state index is 0.120. The Balaban J connectivity index is 2.05. The lowest BCUT2D eigenvalue weighted by Gasteiger charge is -2.10. The number of aliphatic imine (C=N–C) groups is 1. The van der Waals surface area contributed by atoms with Crippen LogP contribution < -0.4 is 10.1 Å². The molecule has 1 N–H and O–H groups in total.